The molecule has 0 aliphatic carbocycles. The number of alkyl halides is 3. The minimum atomic E-state index is -4.43. The number of aromatic nitrogens is 2. The highest BCUT2D eigenvalue weighted by Gasteiger charge is 2.31. The molecule has 0 N–H and O–H groups in total. The van der Waals surface area contributed by atoms with Crippen molar-refractivity contribution in [1.82, 2.24) is 9.78 Å². The molecule has 0 amide bonds. The summed E-state index contributed by atoms with van der Waals surface area (Å²) in [6, 6.07) is 12.9. The second-order valence-electron chi connectivity index (χ2n) is 6.13. The topological polar surface area (TPSA) is 33.4 Å². The van der Waals surface area contributed by atoms with Crippen molar-refractivity contribution in [3.8, 4) is 5.69 Å². The molecule has 0 fully saturated rings. The maximum atomic E-state index is 13.9. The number of para-hydroxylation sites is 1. The zero-order valence-corrected chi connectivity index (χ0v) is 14.4. The first kappa shape index (κ1) is 18.0. The normalized spacial score (nSPS) is 14.3. The lowest BCUT2D eigenvalue weighted by atomic mass is 10.1. The van der Waals surface area contributed by atoms with Crippen molar-refractivity contribution >= 4 is 11.4 Å². The van der Waals surface area contributed by atoms with Gasteiger partial charge in [0.1, 0.15) is 17.2 Å². The molecule has 0 saturated carbocycles. The highest BCUT2D eigenvalue weighted by molar-refractivity contribution is 6.01. The van der Waals surface area contributed by atoms with Crippen LogP contribution < -0.4 is 5.01 Å². The third-order valence-corrected chi connectivity index (χ3v) is 4.21. The van der Waals surface area contributed by atoms with Crippen LogP contribution >= 0.6 is 0 Å². The summed E-state index contributed by atoms with van der Waals surface area (Å²) >= 11 is 0. The van der Waals surface area contributed by atoms with Gasteiger partial charge in [0.25, 0.3) is 0 Å². The van der Waals surface area contributed by atoms with Crippen molar-refractivity contribution in [3.63, 3.8) is 0 Å². The SMILES string of the molecule is Fc1ccccc1-n1ccc(C2=NN(c3cccc(C(F)(F)F)c3)C=CC2)n1. The van der Waals surface area contributed by atoms with Crippen molar-refractivity contribution in [1.29, 1.82) is 0 Å². The van der Waals surface area contributed by atoms with Crippen LogP contribution in [0.1, 0.15) is 17.7 Å². The van der Waals surface area contributed by atoms with Crippen LogP contribution in [0, 0.1) is 5.82 Å². The number of nitrogens with zero attached hydrogens (tertiary/aromatic N) is 4. The van der Waals surface area contributed by atoms with Gasteiger partial charge in [0.05, 0.1) is 17.0 Å². The Hall–Kier alpha value is -3.42. The van der Waals surface area contributed by atoms with Crippen molar-refractivity contribution in [2.45, 2.75) is 12.6 Å². The summed E-state index contributed by atoms with van der Waals surface area (Å²) in [5.74, 6) is -0.409. The number of allylic oxidation sites excluding steroid dienone is 1. The summed E-state index contributed by atoms with van der Waals surface area (Å²) in [6.45, 7) is 0. The zero-order valence-electron chi connectivity index (χ0n) is 14.4. The predicted octanol–water partition coefficient (Wildman–Crippen LogP) is 5.16. The number of hydrazone groups is 1. The van der Waals surface area contributed by atoms with Gasteiger partial charge in [-0.05, 0) is 36.4 Å². The van der Waals surface area contributed by atoms with Crippen LogP contribution in [0.15, 0.2) is 78.2 Å². The molecule has 2 heterocycles. The molecule has 0 saturated heterocycles. The summed E-state index contributed by atoms with van der Waals surface area (Å²) in [4.78, 5) is 0. The van der Waals surface area contributed by atoms with E-state index < -0.39 is 17.6 Å². The van der Waals surface area contributed by atoms with Crippen LogP contribution in [0.5, 0.6) is 0 Å². The molecule has 8 heteroatoms. The number of benzene rings is 2. The van der Waals surface area contributed by atoms with Crippen LogP contribution in [-0.4, -0.2) is 15.5 Å². The van der Waals surface area contributed by atoms with Gasteiger partial charge in [0.2, 0.25) is 0 Å². The lowest BCUT2D eigenvalue weighted by Gasteiger charge is -2.20. The van der Waals surface area contributed by atoms with E-state index in [0.29, 0.717) is 23.5 Å². The highest BCUT2D eigenvalue weighted by Crippen LogP contribution is 2.32. The molecular weight excluding hydrogens is 372 g/mol. The fraction of sp³-hybridized carbons (Fsp3) is 0.100. The average molecular weight is 386 g/mol. The molecule has 142 valence electrons. The molecule has 4 rings (SSSR count). The zero-order chi connectivity index (χ0) is 19.7. The molecule has 0 bridgehead atoms. The highest BCUT2D eigenvalue weighted by atomic mass is 19.4. The molecule has 4 nitrogen and oxygen atoms in total. The summed E-state index contributed by atoms with van der Waals surface area (Å²) < 4.78 is 54.2. The number of rotatable bonds is 3. The van der Waals surface area contributed by atoms with Crippen molar-refractivity contribution in [2.75, 3.05) is 5.01 Å². The van der Waals surface area contributed by atoms with E-state index in [0.717, 1.165) is 12.1 Å². The number of halogens is 4. The van der Waals surface area contributed by atoms with E-state index in [4.69, 9.17) is 0 Å². The molecule has 0 spiro atoms. The number of anilines is 1. The van der Waals surface area contributed by atoms with E-state index in [1.54, 1.807) is 48.8 Å². The van der Waals surface area contributed by atoms with Gasteiger partial charge >= 0.3 is 6.18 Å². The molecule has 2 aromatic carbocycles. The maximum Gasteiger partial charge on any atom is 0.416 e. The molecule has 0 radical (unpaired) electrons. The third-order valence-electron chi connectivity index (χ3n) is 4.21. The van der Waals surface area contributed by atoms with E-state index >= 15 is 0 Å². The molecule has 0 atom stereocenters. The fourth-order valence-electron chi connectivity index (χ4n) is 2.84. The summed E-state index contributed by atoms with van der Waals surface area (Å²) in [5.41, 5.74) is 0.927. The van der Waals surface area contributed by atoms with Gasteiger partial charge < -0.3 is 0 Å². The minimum absolute atomic E-state index is 0.289. The molecule has 1 aliphatic heterocycles. The Balaban J connectivity index is 1.64. The lowest BCUT2D eigenvalue weighted by molar-refractivity contribution is -0.137. The van der Waals surface area contributed by atoms with E-state index in [1.807, 2.05) is 0 Å². The van der Waals surface area contributed by atoms with Gasteiger partial charge in [-0.25, -0.2) is 14.1 Å². The van der Waals surface area contributed by atoms with Crippen molar-refractivity contribution in [2.24, 2.45) is 5.10 Å². The Morgan fingerprint density at radius 1 is 0.964 bits per heavy atom. The number of hydrogen-bond donors (Lipinski definition) is 0. The molecular formula is C20H14F4N4. The first-order valence-corrected chi connectivity index (χ1v) is 8.43. The Kier molecular flexibility index (Phi) is 4.46. The minimum Gasteiger partial charge on any atom is -0.241 e. The van der Waals surface area contributed by atoms with Crippen molar-refractivity contribution < 1.29 is 17.6 Å². The largest absolute Gasteiger partial charge is 0.416 e. The van der Waals surface area contributed by atoms with Crippen LogP contribution in [-0.2, 0) is 6.18 Å². The summed E-state index contributed by atoms with van der Waals surface area (Å²) in [6.07, 6.45) is 1.03. The third kappa shape index (κ3) is 3.53. The Bertz CT molecular complexity index is 1070. The maximum absolute atomic E-state index is 13.9. The van der Waals surface area contributed by atoms with Crippen LogP contribution in [0.3, 0.4) is 0 Å². The van der Waals surface area contributed by atoms with E-state index in [-0.39, 0.29) is 5.69 Å². The summed E-state index contributed by atoms with van der Waals surface area (Å²) in [5, 5.41) is 10.1. The Labute approximate surface area is 158 Å². The van der Waals surface area contributed by atoms with Crippen LogP contribution in [0.4, 0.5) is 23.2 Å². The van der Waals surface area contributed by atoms with Crippen molar-refractivity contribution in [3.05, 3.63) is 90.1 Å². The monoisotopic (exact) mass is 386 g/mol. The van der Waals surface area contributed by atoms with Gasteiger partial charge in [-0.15, -0.1) is 0 Å². The second-order valence-corrected chi connectivity index (χ2v) is 6.13. The average Bonchev–Trinajstić information content (AvgIpc) is 3.18. The standard InChI is InChI=1S/C20H14F4N4/c21-16-7-1-2-9-19(16)28-12-10-18(26-28)17-8-4-11-27(25-17)15-6-3-5-14(13-15)20(22,23)24/h1-7,9-13H,8H2. The fourth-order valence-corrected chi connectivity index (χ4v) is 2.84. The van der Waals surface area contributed by atoms with Gasteiger partial charge in [0, 0.05) is 18.8 Å². The van der Waals surface area contributed by atoms with E-state index in [1.165, 1.54) is 21.8 Å². The molecule has 3 aromatic rings. The predicted molar refractivity (Wildman–Crippen MR) is 97.7 cm³/mol. The van der Waals surface area contributed by atoms with E-state index in [2.05, 4.69) is 10.2 Å². The molecule has 1 aliphatic rings. The lowest BCUT2D eigenvalue weighted by Crippen LogP contribution is -2.18. The first-order chi connectivity index (χ1) is 13.4. The first-order valence-electron chi connectivity index (χ1n) is 8.43. The van der Waals surface area contributed by atoms with Crippen LogP contribution in [0.25, 0.3) is 5.69 Å². The van der Waals surface area contributed by atoms with Gasteiger partial charge in [-0.2, -0.15) is 23.4 Å². The second kappa shape index (κ2) is 6.95. The summed E-state index contributed by atoms with van der Waals surface area (Å²) in [7, 11) is 0. The quantitative estimate of drug-likeness (QED) is 0.583. The Morgan fingerprint density at radius 3 is 2.57 bits per heavy atom. The van der Waals surface area contributed by atoms with Gasteiger partial charge in [0.15, 0.2) is 0 Å². The number of hydrogen-bond acceptors (Lipinski definition) is 3. The molecule has 1 aromatic heterocycles. The van der Waals surface area contributed by atoms with Crippen LogP contribution in [0.2, 0.25) is 0 Å². The molecule has 0 unspecified atom stereocenters. The Morgan fingerprint density at radius 2 is 1.79 bits per heavy atom. The molecule has 28 heavy (non-hydrogen) atoms. The van der Waals surface area contributed by atoms with Gasteiger partial charge in [-0.1, -0.05) is 24.3 Å². The smallest absolute Gasteiger partial charge is 0.241 e. The van der Waals surface area contributed by atoms with Gasteiger partial charge in [-0.3, -0.25) is 0 Å². The van der Waals surface area contributed by atoms with E-state index in [9.17, 15) is 17.6 Å².